The van der Waals surface area contributed by atoms with E-state index < -0.39 is 5.60 Å². The monoisotopic (exact) mass is 460 g/mol. The molecule has 0 bridgehead atoms. The topological polar surface area (TPSA) is 41.6 Å². The largest absolute Gasteiger partial charge is 0.456 e. The van der Waals surface area contributed by atoms with Crippen molar-refractivity contribution in [2.24, 2.45) is 5.92 Å². The fraction of sp³-hybridized carbons (Fsp3) is 0.500. The van der Waals surface area contributed by atoms with Crippen molar-refractivity contribution in [3.05, 3.63) is 76.9 Å². The fourth-order valence-corrected chi connectivity index (χ4v) is 4.93. The van der Waals surface area contributed by atoms with Crippen molar-refractivity contribution < 1.29 is 9.53 Å². The molecule has 0 spiro atoms. The van der Waals surface area contributed by atoms with Crippen LogP contribution in [0.4, 0.5) is 0 Å². The molecule has 1 saturated heterocycles. The molecule has 2 aromatic carbocycles. The summed E-state index contributed by atoms with van der Waals surface area (Å²) in [6.45, 7) is 11.1. The van der Waals surface area contributed by atoms with Crippen LogP contribution >= 0.6 is 0 Å². The first-order chi connectivity index (χ1) is 16.3. The second-order valence-corrected chi connectivity index (χ2v) is 10.8. The summed E-state index contributed by atoms with van der Waals surface area (Å²) in [6.07, 6.45) is 7.19. The van der Waals surface area contributed by atoms with E-state index in [1.54, 1.807) is 5.57 Å². The standard InChI is InChI=1S/C30H40N2O2/c1-5-24(19-22-9-7-6-8-10-22)27-20-28(27)31-26-15-17-32(18-16-26)21-23-11-13-25(14-12-23)29(33)34-30(2,3)4/h6-14,19,26-28,31H,5,15-18,20-21H2,1-4H3/t27?,28-/m0/s1. The molecule has 4 heteroatoms. The van der Waals surface area contributed by atoms with Crippen LogP contribution in [0.5, 0.6) is 0 Å². The van der Waals surface area contributed by atoms with Gasteiger partial charge in [0.2, 0.25) is 0 Å². The lowest BCUT2D eigenvalue weighted by molar-refractivity contribution is 0.00695. The SMILES string of the molecule is CCC(=Cc1ccccc1)C1C[C@@H]1NC1CCN(Cc2ccc(C(=O)OC(C)(C)C)cc2)CC1. The predicted octanol–water partition coefficient (Wildman–Crippen LogP) is 6.08. The van der Waals surface area contributed by atoms with E-state index in [4.69, 9.17) is 4.74 Å². The molecular weight excluding hydrogens is 420 g/mol. The van der Waals surface area contributed by atoms with E-state index >= 15 is 0 Å². The lowest BCUT2D eigenvalue weighted by atomic mass is 10.0. The van der Waals surface area contributed by atoms with Gasteiger partial charge in [-0.3, -0.25) is 4.90 Å². The molecule has 1 saturated carbocycles. The number of rotatable bonds is 8. The minimum atomic E-state index is -0.467. The number of piperidine rings is 1. The van der Waals surface area contributed by atoms with Gasteiger partial charge in [-0.25, -0.2) is 4.79 Å². The third-order valence-electron chi connectivity index (χ3n) is 6.86. The van der Waals surface area contributed by atoms with Crippen molar-refractivity contribution in [1.82, 2.24) is 10.2 Å². The van der Waals surface area contributed by atoms with Crippen LogP contribution in [-0.4, -0.2) is 41.6 Å². The van der Waals surface area contributed by atoms with Crippen LogP contribution in [-0.2, 0) is 11.3 Å². The van der Waals surface area contributed by atoms with Gasteiger partial charge in [0.15, 0.2) is 0 Å². The van der Waals surface area contributed by atoms with Crippen LogP contribution in [0.3, 0.4) is 0 Å². The molecule has 4 rings (SSSR count). The van der Waals surface area contributed by atoms with E-state index in [9.17, 15) is 4.79 Å². The highest BCUT2D eigenvalue weighted by molar-refractivity contribution is 5.89. The maximum Gasteiger partial charge on any atom is 0.338 e. The highest BCUT2D eigenvalue weighted by Gasteiger charge is 2.40. The number of hydrogen-bond acceptors (Lipinski definition) is 4. The van der Waals surface area contributed by atoms with Crippen molar-refractivity contribution in [3.63, 3.8) is 0 Å². The Morgan fingerprint density at radius 3 is 2.35 bits per heavy atom. The summed E-state index contributed by atoms with van der Waals surface area (Å²) in [5.74, 6) is 0.445. The minimum Gasteiger partial charge on any atom is -0.456 e. The van der Waals surface area contributed by atoms with E-state index in [0.29, 0.717) is 23.6 Å². The van der Waals surface area contributed by atoms with E-state index in [1.807, 2.05) is 32.9 Å². The zero-order valence-electron chi connectivity index (χ0n) is 21.2. The first-order valence-corrected chi connectivity index (χ1v) is 12.9. The lowest BCUT2D eigenvalue weighted by Gasteiger charge is -2.32. The normalized spacial score (nSPS) is 21.9. The van der Waals surface area contributed by atoms with Gasteiger partial charge in [-0.2, -0.15) is 0 Å². The number of hydrogen-bond donors (Lipinski definition) is 1. The van der Waals surface area contributed by atoms with Crippen molar-refractivity contribution in [2.45, 2.75) is 77.6 Å². The average molecular weight is 461 g/mol. The molecule has 2 atom stereocenters. The van der Waals surface area contributed by atoms with Gasteiger partial charge in [0, 0.05) is 18.6 Å². The Bertz CT molecular complexity index is 967. The summed E-state index contributed by atoms with van der Waals surface area (Å²) in [5.41, 5.74) is 4.30. The van der Waals surface area contributed by atoms with Crippen LogP contribution in [0.25, 0.3) is 6.08 Å². The molecule has 4 nitrogen and oxygen atoms in total. The third-order valence-corrected chi connectivity index (χ3v) is 6.86. The van der Waals surface area contributed by atoms with Gasteiger partial charge in [0.05, 0.1) is 5.56 Å². The molecule has 1 unspecified atom stereocenters. The van der Waals surface area contributed by atoms with Gasteiger partial charge in [-0.15, -0.1) is 0 Å². The predicted molar refractivity (Wildman–Crippen MR) is 140 cm³/mol. The summed E-state index contributed by atoms with van der Waals surface area (Å²) >= 11 is 0. The number of esters is 1. The smallest absolute Gasteiger partial charge is 0.338 e. The van der Waals surface area contributed by atoms with Gasteiger partial charge < -0.3 is 10.1 Å². The molecule has 1 heterocycles. The van der Waals surface area contributed by atoms with Crippen molar-refractivity contribution in [2.75, 3.05) is 13.1 Å². The number of carbonyl (C=O) groups is 1. The number of benzene rings is 2. The Balaban J connectivity index is 1.21. The first-order valence-electron chi connectivity index (χ1n) is 12.9. The van der Waals surface area contributed by atoms with E-state index in [2.05, 4.69) is 65.7 Å². The zero-order chi connectivity index (χ0) is 24.1. The maximum absolute atomic E-state index is 12.2. The quantitative estimate of drug-likeness (QED) is 0.485. The first kappa shape index (κ1) is 24.7. The van der Waals surface area contributed by atoms with Crippen LogP contribution < -0.4 is 5.32 Å². The highest BCUT2D eigenvalue weighted by atomic mass is 16.6. The summed E-state index contributed by atoms with van der Waals surface area (Å²) in [5, 5.41) is 3.95. The molecule has 0 aromatic heterocycles. The highest BCUT2D eigenvalue weighted by Crippen LogP contribution is 2.40. The molecule has 34 heavy (non-hydrogen) atoms. The maximum atomic E-state index is 12.2. The summed E-state index contributed by atoms with van der Waals surface area (Å²) < 4.78 is 5.46. The summed E-state index contributed by atoms with van der Waals surface area (Å²) in [4.78, 5) is 14.7. The van der Waals surface area contributed by atoms with E-state index in [-0.39, 0.29) is 5.97 Å². The average Bonchev–Trinajstić information content (AvgIpc) is 3.57. The van der Waals surface area contributed by atoms with Gasteiger partial charge in [0.1, 0.15) is 5.60 Å². The number of carbonyl (C=O) groups excluding carboxylic acids is 1. The van der Waals surface area contributed by atoms with E-state index in [0.717, 1.165) is 26.1 Å². The van der Waals surface area contributed by atoms with Gasteiger partial charge in [-0.05, 0) is 88.7 Å². The molecule has 1 aliphatic carbocycles. The molecule has 2 aromatic rings. The Morgan fingerprint density at radius 1 is 1.06 bits per heavy atom. The zero-order valence-corrected chi connectivity index (χ0v) is 21.2. The van der Waals surface area contributed by atoms with Crippen LogP contribution in [0, 0.1) is 5.92 Å². The Morgan fingerprint density at radius 2 is 1.74 bits per heavy atom. The minimum absolute atomic E-state index is 0.255. The summed E-state index contributed by atoms with van der Waals surface area (Å²) in [7, 11) is 0. The fourth-order valence-electron chi connectivity index (χ4n) is 4.93. The molecular formula is C30H40N2O2. The Hall–Kier alpha value is -2.43. The number of likely N-dealkylation sites (tertiary alicyclic amines) is 1. The van der Waals surface area contributed by atoms with Gasteiger partial charge in [0.25, 0.3) is 0 Å². The van der Waals surface area contributed by atoms with Crippen molar-refractivity contribution in [1.29, 1.82) is 0 Å². The van der Waals surface area contributed by atoms with Crippen molar-refractivity contribution >= 4 is 12.0 Å². The molecule has 0 amide bonds. The van der Waals surface area contributed by atoms with Crippen LogP contribution in [0.2, 0.25) is 0 Å². The number of nitrogens with zero attached hydrogens (tertiary/aromatic N) is 1. The molecule has 2 aliphatic rings. The Kier molecular flexibility index (Phi) is 7.90. The van der Waals surface area contributed by atoms with Crippen LogP contribution in [0.1, 0.15) is 74.9 Å². The third kappa shape index (κ3) is 7.04. The second-order valence-electron chi connectivity index (χ2n) is 10.8. The van der Waals surface area contributed by atoms with Crippen LogP contribution in [0.15, 0.2) is 60.2 Å². The summed E-state index contributed by atoms with van der Waals surface area (Å²) in [6, 6.07) is 19.9. The van der Waals surface area contributed by atoms with E-state index in [1.165, 1.54) is 30.4 Å². The molecule has 2 fully saturated rings. The molecule has 182 valence electrons. The van der Waals surface area contributed by atoms with Gasteiger partial charge in [-0.1, -0.05) is 61.0 Å². The number of nitrogens with one attached hydrogen (secondary N) is 1. The Labute approximate surface area is 205 Å². The van der Waals surface area contributed by atoms with Gasteiger partial charge >= 0.3 is 5.97 Å². The number of ether oxygens (including phenoxy) is 1. The molecule has 1 N–H and O–H groups in total. The lowest BCUT2D eigenvalue weighted by Crippen LogP contribution is -2.43. The molecule has 1 aliphatic heterocycles. The second kappa shape index (κ2) is 10.9. The molecule has 0 radical (unpaired) electrons. The van der Waals surface area contributed by atoms with Crippen molar-refractivity contribution in [3.8, 4) is 0 Å².